The maximum atomic E-state index is 11.1. The highest BCUT2D eigenvalue weighted by atomic mass is 35.5. The van der Waals surface area contributed by atoms with Crippen molar-refractivity contribution < 1.29 is 14.7 Å². The van der Waals surface area contributed by atoms with E-state index in [2.05, 4.69) is 0 Å². The van der Waals surface area contributed by atoms with Gasteiger partial charge in [-0.15, -0.1) is 0 Å². The topological polar surface area (TPSA) is 54.4 Å². The summed E-state index contributed by atoms with van der Waals surface area (Å²) in [6.45, 7) is 1.55. The van der Waals surface area contributed by atoms with Crippen LogP contribution in [0.25, 0.3) is 0 Å². The molecule has 1 aromatic rings. The van der Waals surface area contributed by atoms with E-state index in [1.807, 2.05) is 0 Å². The molecule has 0 aliphatic rings. The Balaban J connectivity index is 3.16. The Labute approximate surface area is 103 Å². The molecule has 86 valence electrons. The van der Waals surface area contributed by atoms with Gasteiger partial charge in [-0.05, 0) is 17.7 Å². The fraction of sp³-hybridized carbons (Fsp3) is 0.273. The second-order valence-corrected chi connectivity index (χ2v) is 4.30. The lowest BCUT2D eigenvalue weighted by molar-refractivity contribution is -0.141. The van der Waals surface area contributed by atoms with Crippen LogP contribution in [-0.2, 0) is 9.59 Å². The zero-order chi connectivity index (χ0) is 12.3. The molecule has 0 heterocycles. The van der Waals surface area contributed by atoms with E-state index >= 15 is 0 Å². The third-order valence-corrected chi connectivity index (χ3v) is 3.05. The van der Waals surface area contributed by atoms with Gasteiger partial charge in [0, 0.05) is 5.92 Å². The Kier molecular flexibility index (Phi) is 4.33. The van der Waals surface area contributed by atoms with Crippen molar-refractivity contribution in [3.8, 4) is 0 Å². The molecule has 0 fully saturated rings. The molecule has 16 heavy (non-hydrogen) atoms. The molecule has 0 saturated heterocycles. The van der Waals surface area contributed by atoms with Crippen LogP contribution in [0, 0.1) is 5.92 Å². The van der Waals surface area contributed by atoms with Crippen molar-refractivity contribution in [2.45, 2.75) is 12.8 Å². The summed E-state index contributed by atoms with van der Waals surface area (Å²) in [6.07, 6.45) is 0.612. The minimum absolute atomic E-state index is 0.281. The third kappa shape index (κ3) is 2.74. The average molecular weight is 261 g/mol. The van der Waals surface area contributed by atoms with Crippen LogP contribution in [0.2, 0.25) is 10.0 Å². The minimum Gasteiger partial charge on any atom is -0.481 e. The molecule has 0 aliphatic carbocycles. The fourth-order valence-electron chi connectivity index (χ4n) is 1.46. The first-order valence-corrected chi connectivity index (χ1v) is 5.36. The van der Waals surface area contributed by atoms with E-state index in [4.69, 9.17) is 28.3 Å². The average Bonchev–Trinajstić information content (AvgIpc) is 2.22. The molecule has 1 N–H and O–H groups in total. The third-order valence-electron chi connectivity index (χ3n) is 2.31. The molecule has 0 radical (unpaired) electrons. The number of carbonyl (C=O) groups is 2. The second kappa shape index (κ2) is 5.32. The zero-order valence-electron chi connectivity index (χ0n) is 8.48. The van der Waals surface area contributed by atoms with Crippen LogP contribution in [0.1, 0.15) is 18.4 Å². The van der Waals surface area contributed by atoms with Gasteiger partial charge in [0.05, 0.1) is 16.0 Å². The van der Waals surface area contributed by atoms with Gasteiger partial charge in [0.1, 0.15) is 6.29 Å². The minimum atomic E-state index is -1.06. The molecule has 2 atom stereocenters. The van der Waals surface area contributed by atoms with Crippen molar-refractivity contribution >= 4 is 35.5 Å². The largest absolute Gasteiger partial charge is 0.481 e. The van der Waals surface area contributed by atoms with Gasteiger partial charge in [-0.3, -0.25) is 4.79 Å². The van der Waals surface area contributed by atoms with Gasteiger partial charge >= 0.3 is 5.97 Å². The highest BCUT2D eigenvalue weighted by Crippen LogP contribution is 2.29. The maximum Gasteiger partial charge on any atom is 0.311 e. The number of carboxylic acid groups (broad SMARTS) is 1. The summed E-state index contributed by atoms with van der Waals surface area (Å²) in [5, 5.41) is 9.69. The van der Waals surface area contributed by atoms with Crippen molar-refractivity contribution in [2.75, 3.05) is 0 Å². The van der Waals surface area contributed by atoms with Crippen molar-refractivity contribution in [3.05, 3.63) is 33.8 Å². The van der Waals surface area contributed by atoms with E-state index < -0.39 is 17.8 Å². The summed E-state index contributed by atoms with van der Waals surface area (Å²) < 4.78 is 0. The number of carbonyl (C=O) groups excluding carboxylic acids is 1. The molecule has 1 aromatic carbocycles. The quantitative estimate of drug-likeness (QED) is 0.847. The van der Waals surface area contributed by atoms with E-state index in [-0.39, 0.29) is 5.02 Å². The maximum absolute atomic E-state index is 11.1. The summed E-state index contributed by atoms with van der Waals surface area (Å²) in [4.78, 5) is 21.7. The van der Waals surface area contributed by atoms with Gasteiger partial charge in [-0.1, -0.05) is 36.2 Å². The molecule has 0 bridgehead atoms. The van der Waals surface area contributed by atoms with Crippen LogP contribution in [0.4, 0.5) is 0 Å². The smallest absolute Gasteiger partial charge is 0.311 e. The first-order chi connectivity index (χ1) is 7.47. The Morgan fingerprint density at radius 3 is 2.44 bits per heavy atom. The number of rotatable bonds is 4. The predicted octanol–water partition coefficient (Wildman–Crippen LogP) is 3.00. The Morgan fingerprint density at radius 2 is 2.00 bits per heavy atom. The number of aldehydes is 1. The lowest BCUT2D eigenvalue weighted by Crippen LogP contribution is -2.20. The summed E-state index contributed by atoms with van der Waals surface area (Å²) in [6, 6.07) is 4.56. The Bertz CT molecular complexity index is 418. The molecule has 2 unspecified atom stereocenters. The highest BCUT2D eigenvalue weighted by molar-refractivity contribution is 6.42. The van der Waals surface area contributed by atoms with E-state index in [1.165, 1.54) is 12.1 Å². The van der Waals surface area contributed by atoms with Crippen LogP contribution in [0.15, 0.2) is 18.2 Å². The fourth-order valence-corrected chi connectivity index (χ4v) is 1.76. The first kappa shape index (κ1) is 13.0. The van der Waals surface area contributed by atoms with Gasteiger partial charge in [-0.2, -0.15) is 0 Å². The molecular weight excluding hydrogens is 251 g/mol. The van der Waals surface area contributed by atoms with E-state index in [9.17, 15) is 9.59 Å². The van der Waals surface area contributed by atoms with Crippen LogP contribution in [0.3, 0.4) is 0 Å². The molecule has 0 saturated carbocycles. The number of halogens is 2. The van der Waals surface area contributed by atoms with E-state index in [1.54, 1.807) is 13.0 Å². The van der Waals surface area contributed by atoms with Crippen LogP contribution in [0.5, 0.6) is 0 Å². The Hall–Kier alpha value is -1.06. The van der Waals surface area contributed by atoms with Crippen LogP contribution in [-0.4, -0.2) is 17.4 Å². The number of benzene rings is 1. The van der Waals surface area contributed by atoms with Gasteiger partial charge in [-0.25, -0.2) is 0 Å². The van der Waals surface area contributed by atoms with Gasteiger partial charge in [0.15, 0.2) is 0 Å². The molecule has 3 nitrogen and oxygen atoms in total. The van der Waals surface area contributed by atoms with Crippen LogP contribution < -0.4 is 0 Å². The summed E-state index contributed by atoms with van der Waals surface area (Å²) in [7, 11) is 0. The van der Waals surface area contributed by atoms with Gasteiger partial charge < -0.3 is 9.90 Å². The van der Waals surface area contributed by atoms with Gasteiger partial charge in [0.25, 0.3) is 0 Å². The molecule has 0 aromatic heterocycles. The molecule has 0 spiro atoms. The van der Waals surface area contributed by atoms with E-state index in [0.717, 1.165) is 0 Å². The van der Waals surface area contributed by atoms with Gasteiger partial charge in [0.2, 0.25) is 0 Å². The number of hydrogen-bond donors (Lipinski definition) is 1. The first-order valence-electron chi connectivity index (χ1n) is 4.60. The monoisotopic (exact) mass is 260 g/mol. The summed E-state index contributed by atoms with van der Waals surface area (Å²) >= 11 is 11.5. The van der Waals surface area contributed by atoms with Crippen LogP contribution >= 0.6 is 23.2 Å². The van der Waals surface area contributed by atoms with Crippen molar-refractivity contribution in [3.63, 3.8) is 0 Å². The highest BCUT2D eigenvalue weighted by Gasteiger charge is 2.26. The lowest BCUT2D eigenvalue weighted by Gasteiger charge is -2.16. The summed E-state index contributed by atoms with van der Waals surface area (Å²) in [5.74, 6) is -2.57. The number of hydrogen-bond acceptors (Lipinski definition) is 2. The molecule has 1 rings (SSSR count). The van der Waals surface area contributed by atoms with Crippen molar-refractivity contribution in [1.82, 2.24) is 0 Å². The molecule has 0 aliphatic heterocycles. The molecular formula is C11H10Cl2O3. The standard InChI is InChI=1S/C11H10Cl2O3/c1-6(5-14)10(11(15)16)7-2-3-8(12)9(13)4-7/h2-6,10H,1H3,(H,15,16). The normalized spacial score (nSPS) is 14.2. The summed E-state index contributed by atoms with van der Waals surface area (Å²) in [5.41, 5.74) is 0.474. The van der Waals surface area contributed by atoms with Crippen molar-refractivity contribution in [1.29, 1.82) is 0 Å². The second-order valence-electron chi connectivity index (χ2n) is 3.48. The van der Waals surface area contributed by atoms with Crippen molar-refractivity contribution in [2.24, 2.45) is 5.92 Å². The Morgan fingerprint density at radius 1 is 1.38 bits per heavy atom. The lowest BCUT2D eigenvalue weighted by atomic mass is 9.88. The number of aliphatic carboxylic acids is 1. The number of carboxylic acids is 1. The SMILES string of the molecule is CC(C=O)C(C(=O)O)c1ccc(Cl)c(Cl)c1. The molecule has 0 amide bonds. The zero-order valence-corrected chi connectivity index (χ0v) is 10.00. The molecule has 5 heteroatoms. The predicted molar refractivity (Wildman–Crippen MR) is 62.1 cm³/mol. The van der Waals surface area contributed by atoms with E-state index in [0.29, 0.717) is 16.9 Å².